The van der Waals surface area contributed by atoms with Gasteiger partial charge in [0, 0.05) is 18.6 Å². The van der Waals surface area contributed by atoms with Crippen LogP contribution in [0.15, 0.2) is 0 Å². The van der Waals surface area contributed by atoms with Crippen molar-refractivity contribution in [3.05, 3.63) is 0 Å². The Balaban J connectivity index is 1.85. The molecule has 1 heterocycles. The molecule has 1 saturated carbocycles. The van der Waals surface area contributed by atoms with Gasteiger partial charge in [0.05, 0.1) is 6.07 Å². The molecule has 0 radical (unpaired) electrons. The maximum Gasteiger partial charge on any atom is 0.240 e. The van der Waals surface area contributed by atoms with Gasteiger partial charge in [0.25, 0.3) is 0 Å². The van der Waals surface area contributed by atoms with Gasteiger partial charge in [-0.2, -0.15) is 5.26 Å². The third kappa shape index (κ3) is 3.15. The van der Waals surface area contributed by atoms with Crippen LogP contribution >= 0.6 is 0 Å². The van der Waals surface area contributed by atoms with Crippen molar-refractivity contribution in [2.45, 2.75) is 70.9 Å². The van der Waals surface area contributed by atoms with Crippen LogP contribution in [-0.2, 0) is 4.79 Å². The molecule has 20 heavy (non-hydrogen) atoms. The maximum absolute atomic E-state index is 12.3. The van der Waals surface area contributed by atoms with Gasteiger partial charge in [0.1, 0.15) is 5.41 Å². The fourth-order valence-corrected chi connectivity index (χ4v) is 3.67. The fraction of sp³-hybridized carbons (Fsp3) is 0.875. The topological polar surface area (TPSA) is 56.1 Å². The number of nitrogens with one attached hydrogen (secondary N) is 1. The van der Waals surface area contributed by atoms with Gasteiger partial charge in [0.2, 0.25) is 5.91 Å². The Bertz CT molecular complexity index is 382. The summed E-state index contributed by atoms with van der Waals surface area (Å²) >= 11 is 0. The number of rotatable bonds is 4. The summed E-state index contributed by atoms with van der Waals surface area (Å²) in [7, 11) is 0. The Morgan fingerprint density at radius 2 is 2.10 bits per heavy atom. The van der Waals surface area contributed by atoms with Gasteiger partial charge in [0.15, 0.2) is 0 Å². The van der Waals surface area contributed by atoms with Crippen LogP contribution in [-0.4, -0.2) is 36.0 Å². The lowest BCUT2D eigenvalue weighted by molar-refractivity contribution is -0.128. The van der Waals surface area contributed by atoms with Crippen molar-refractivity contribution in [1.29, 1.82) is 5.26 Å². The number of carbonyl (C=O) groups is 1. The van der Waals surface area contributed by atoms with Gasteiger partial charge in [-0.05, 0) is 46.1 Å². The summed E-state index contributed by atoms with van der Waals surface area (Å²) in [5.41, 5.74) is -0.743. The highest BCUT2D eigenvalue weighted by atomic mass is 16.2. The Morgan fingerprint density at radius 3 is 2.70 bits per heavy atom. The number of hydrogen-bond donors (Lipinski definition) is 1. The lowest BCUT2D eigenvalue weighted by atomic mass is 9.87. The molecule has 0 aromatic carbocycles. The van der Waals surface area contributed by atoms with Gasteiger partial charge in [-0.25, -0.2) is 0 Å². The Kier molecular flexibility index (Phi) is 5.04. The molecule has 1 N–H and O–H groups in total. The summed E-state index contributed by atoms with van der Waals surface area (Å²) in [5.74, 6) is -0.0472. The zero-order valence-electron chi connectivity index (χ0n) is 12.8. The standard InChI is InChI=1S/C16H27N3O/c1-13-7-3-6-10-19(13)14(2)11-18-15(20)16(12-17)8-4-5-9-16/h13-14H,3-11H2,1-2H3,(H,18,20). The first-order valence-electron chi connectivity index (χ1n) is 8.04. The van der Waals surface area contributed by atoms with Crippen LogP contribution in [0.5, 0.6) is 0 Å². The molecule has 1 aliphatic heterocycles. The van der Waals surface area contributed by atoms with E-state index in [-0.39, 0.29) is 5.91 Å². The van der Waals surface area contributed by atoms with Crippen molar-refractivity contribution in [1.82, 2.24) is 10.2 Å². The molecule has 2 atom stereocenters. The third-order valence-electron chi connectivity index (χ3n) is 5.08. The lowest BCUT2D eigenvalue weighted by Crippen LogP contribution is -2.50. The molecule has 112 valence electrons. The van der Waals surface area contributed by atoms with Crippen molar-refractivity contribution >= 4 is 5.91 Å². The Labute approximate surface area is 122 Å². The van der Waals surface area contributed by atoms with Gasteiger partial charge >= 0.3 is 0 Å². The fourth-order valence-electron chi connectivity index (χ4n) is 3.67. The molecule has 0 bridgehead atoms. The predicted molar refractivity (Wildman–Crippen MR) is 79.0 cm³/mol. The van der Waals surface area contributed by atoms with E-state index >= 15 is 0 Å². The van der Waals surface area contributed by atoms with Gasteiger partial charge < -0.3 is 5.32 Å². The molecule has 4 nitrogen and oxygen atoms in total. The minimum absolute atomic E-state index is 0.0472. The van der Waals surface area contributed by atoms with Gasteiger partial charge in [-0.15, -0.1) is 0 Å². The molecule has 1 saturated heterocycles. The van der Waals surface area contributed by atoms with E-state index in [1.54, 1.807) is 0 Å². The first-order valence-corrected chi connectivity index (χ1v) is 8.04. The van der Waals surface area contributed by atoms with E-state index in [2.05, 4.69) is 30.1 Å². The molecule has 2 fully saturated rings. The highest BCUT2D eigenvalue weighted by Gasteiger charge is 2.41. The number of nitriles is 1. The highest BCUT2D eigenvalue weighted by molar-refractivity contribution is 5.85. The first kappa shape index (κ1) is 15.3. The van der Waals surface area contributed by atoms with Crippen LogP contribution in [0.2, 0.25) is 0 Å². The van der Waals surface area contributed by atoms with Crippen LogP contribution in [0.1, 0.15) is 58.8 Å². The van der Waals surface area contributed by atoms with Gasteiger partial charge in [-0.1, -0.05) is 19.3 Å². The quantitative estimate of drug-likeness (QED) is 0.858. The van der Waals surface area contributed by atoms with E-state index in [9.17, 15) is 10.1 Å². The second-order valence-electron chi connectivity index (χ2n) is 6.54. The average molecular weight is 277 g/mol. The first-order chi connectivity index (χ1) is 9.59. The summed E-state index contributed by atoms with van der Waals surface area (Å²) in [6.45, 7) is 6.23. The largest absolute Gasteiger partial charge is 0.353 e. The van der Waals surface area contributed by atoms with E-state index in [1.807, 2.05) is 0 Å². The second kappa shape index (κ2) is 6.58. The predicted octanol–water partition coefficient (Wildman–Crippen LogP) is 2.45. The van der Waals surface area contributed by atoms with Crippen LogP contribution in [0.4, 0.5) is 0 Å². The summed E-state index contributed by atoms with van der Waals surface area (Å²) < 4.78 is 0. The van der Waals surface area contributed by atoms with Crippen molar-refractivity contribution < 1.29 is 4.79 Å². The van der Waals surface area contributed by atoms with E-state index in [4.69, 9.17) is 0 Å². The van der Waals surface area contributed by atoms with Crippen LogP contribution in [0, 0.1) is 16.7 Å². The van der Waals surface area contributed by atoms with Crippen molar-refractivity contribution in [3.8, 4) is 6.07 Å². The molecular weight excluding hydrogens is 250 g/mol. The molecule has 0 spiro atoms. The monoisotopic (exact) mass is 277 g/mol. The maximum atomic E-state index is 12.3. The minimum Gasteiger partial charge on any atom is -0.353 e. The second-order valence-corrected chi connectivity index (χ2v) is 6.54. The number of amides is 1. The number of hydrogen-bond acceptors (Lipinski definition) is 3. The molecule has 1 amide bonds. The number of carbonyl (C=O) groups excluding carboxylic acids is 1. The summed E-state index contributed by atoms with van der Waals surface area (Å²) in [5, 5.41) is 12.4. The summed E-state index contributed by atoms with van der Waals surface area (Å²) in [6.07, 6.45) is 7.27. The molecular formula is C16H27N3O. The van der Waals surface area contributed by atoms with Crippen molar-refractivity contribution in [3.63, 3.8) is 0 Å². The molecule has 2 unspecified atom stereocenters. The van der Waals surface area contributed by atoms with Crippen LogP contribution in [0.3, 0.4) is 0 Å². The molecule has 0 aromatic heterocycles. The molecule has 2 aliphatic rings. The molecule has 4 heteroatoms. The summed E-state index contributed by atoms with van der Waals surface area (Å²) in [4.78, 5) is 14.8. The molecule has 2 rings (SSSR count). The molecule has 1 aliphatic carbocycles. The number of piperidine rings is 1. The van der Waals surface area contributed by atoms with E-state index < -0.39 is 5.41 Å². The lowest BCUT2D eigenvalue weighted by Gasteiger charge is -2.38. The summed E-state index contributed by atoms with van der Waals surface area (Å²) in [6, 6.07) is 3.22. The van der Waals surface area contributed by atoms with Crippen molar-refractivity contribution in [2.24, 2.45) is 5.41 Å². The number of nitrogens with zero attached hydrogens (tertiary/aromatic N) is 2. The minimum atomic E-state index is -0.743. The average Bonchev–Trinajstić information content (AvgIpc) is 2.95. The van der Waals surface area contributed by atoms with Crippen molar-refractivity contribution in [2.75, 3.05) is 13.1 Å². The van der Waals surface area contributed by atoms with Crippen LogP contribution < -0.4 is 5.32 Å². The zero-order chi connectivity index (χ0) is 14.6. The SMILES string of the molecule is CC1CCCCN1C(C)CNC(=O)C1(C#N)CCCC1. The van der Waals surface area contributed by atoms with Gasteiger partial charge in [-0.3, -0.25) is 9.69 Å². The highest BCUT2D eigenvalue weighted by Crippen LogP contribution is 2.37. The van der Waals surface area contributed by atoms with E-state index in [0.29, 0.717) is 18.6 Å². The smallest absolute Gasteiger partial charge is 0.240 e. The zero-order valence-corrected chi connectivity index (χ0v) is 12.8. The van der Waals surface area contributed by atoms with Crippen LogP contribution in [0.25, 0.3) is 0 Å². The Morgan fingerprint density at radius 1 is 1.40 bits per heavy atom. The number of likely N-dealkylation sites (tertiary alicyclic amines) is 1. The van der Waals surface area contributed by atoms with E-state index in [1.165, 1.54) is 19.3 Å². The van der Waals surface area contributed by atoms with E-state index in [0.717, 1.165) is 32.2 Å². The molecule has 0 aromatic rings. The normalized spacial score (nSPS) is 27.8. The Hall–Kier alpha value is -1.08. The third-order valence-corrected chi connectivity index (χ3v) is 5.08.